The number of alkyl halides is 3. The van der Waals surface area contributed by atoms with Crippen LogP contribution in [0.1, 0.15) is 11.1 Å². The molecule has 23 heavy (non-hydrogen) atoms. The molecule has 6 heteroatoms. The van der Waals surface area contributed by atoms with Crippen molar-refractivity contribution >= 4 is 11.3 Å². The maximum absolute atomic E-state index is 12.8. The van der Waals surface area contributed by atoms with E-state index in [0.717, 1.165) is 22.6 Å². The Labute approximate surface area is 134 Å². The first-order valence-corrected chi connectivity index (χ1v) is 7.72. The van der Waals surface area contributed by atoms with Gasteiger partial charge >= 0.3 is 6.18 Å². The van der Waals surface area contributed by atoms with E-state index in [2.05, 4.69) is 0 Å². The summed E-state index contributed by atoms with van der Waals surface area (Å²) in [5.41, 5.74) is 0.344. The minimum atomic E-state index is -4.39. The molecule has 2 heterocycles. The summed E-state index contributed by atoms with van der Waals surface area (Å²) in [6, 6.07) is 12.0. The van der Waals surface area contributed by atoms with Crippen LogP contribution in [0.15, 0.2) is 64.9 Å². The molecule has 0 aliphatic rings. The van der Waals surface area contributed by atoms with E-state index >= 15 is 0 Å². The number of hydrogen-bond acceptors (Lipinski definition) is 2. The van der Waals surface area contributed by atoms with Gasteiger partial charge in [-0.3, -0.25) is 4.79 Å². The van der Waals surface area contributed by atoms with Gasteiger partial charge in [0.25, 0.3) is 5.56 Å². The Balaban J connectivity index is 1.94. The van der Waals surface area contributed by atoms with Crippen molar-refractivity contribution in [2.75, 3.05) is 0 Å². The SMILES string of the molecule is O=c1ccc(-c2cccs2)cn1Cc1cccc(C(F)(F)F)c1. The van der Waals surface area contributed by atoms with Crippen LogP contribution in [-0.2, 0) is 12.7 Å². The van der Waals surface area contributed by atoms with Crippen molar-refractivity contribution in [1.82, 2.24) is 4.57 Å². The van der Waals surface area contributed by atoms with Crippen molar-refractivity contribution in [3.8, 4) is 10.4 Å². The van der Waals surface area contributed by atoms with Crippen molar-refractivity contribution in [2.45, 2.75) is 12.7 Å². The van der Waals surface area contributed by atoms with Gasteiger partial charge in [0.05, 0.1) is 12.1 Å². The molecule has 0 amide bonds. The molecule has 0 fully saturated rings. The van der Waals surface area contributed by atoms with Gasteiger partial charge in [0.2, 0.25) is 0 Å². The Morgan fingerprint density at radius 3 is 2.57 bits per heavy atom. The maximum atomic E-state index is 12.8. The molecule has 3 aromatic rings. The summed E-state index contributed by atoms with van der Waals surface area (Å²) in [6.45, 7) is 0.0992. The molecule has 0 aliphatic heterocycles. The predicted octanol–water partition coefficient (Wildman–Crippen LogP) is 4.64. The third-order valence-corrected chi connectivity index (χ3v) is 4.32. The predicted molar refractivity (Wildman–Crippen MR) is 84.6 cm³/mol. The van der Waals surface area contributed by atoms with Gasteiger partial charge in [-0.05, 0) is 35.2 Å². The van der Waals surface area contributed by atoms with Gasteiger partial charge in [-0.2, -0.15) is 13.2 Å². The van der Waals surface area contributed by atoms with Gasteiger partial charge in [-0.1, -0.05) is 18.2 Å². The fourth-order valence-corrected chi connectivity index (χ4v) is 3.00. The molecule has 0 unspecified atom stereocenters. The van der Waals surface area contributed by atoms with E-state index in [9.17, 15) is 18.0 Å². The van der Waals surface area contributed by atoms with E-state index in [-0.39, 0.29) is 12.1 Å². The topological polar surface area (TPSA) is 22.0 Å². The highest BCUT2D eigenvalue weighted by Gasteiger charge is 2.30. The molecule has 118 valence electrons. The zero-order chi connectivity index (χ0) is 16.4. The number of thiophene rings is 1. The van der Waals surface area contributed by atoms with Crippen molar-refractivity contribution in [3.63, 3.8) is 0 Å². The molecule has 0 saturated carbocycles. The summed E-state index contributed by atoms with van der Waals surface area (Å²) in [5.74, 6) is 0. The number of hydrogen-bond donors (Lipinski definition) is 0. The van der Waals surface area contributed by atoms with Crippen LogP contribution in [0, 0.1) is 0 Å². The molecular weight excluding hydrogens is 323 g/mol. The van der Waals surface area contributed by atoms with Gasteiger partial charge in [0.15, 0.2) is 0 Å². The third-order valence-electron chi connectivity index (χ3n) is 3.40. The van der Waals surface area contributed by atoms with Crippen molar-refractivity contribution < 1.29 is 13.2 Å². The van der Waals surface area contributed by atoms with E-state index < -0.39 is 11.7 Å². The van der Waals surface area contributed by atoms with E-state index in [4.69, 9.17) is 0 Å². The van der Waals surface area contributed by atoms with Crippen molar-refractivity contribution in [2.24, 2.45) is 0 Å². The molecule has 0 atom stereocenters. The summed E-state index contributed by atoms with van der Waals surface area (Å²) >= 11 is 1.54. The molecule has 2 aromatic heterocycles. The zero-order valence-electron chi connectivity index (χ0n) is 11.9. The molecule has 0 radical (unpaired) electrons. The third kappa shape index (κ3) is 3.53. The first-order valence-electron chi connectivity index (χ1n) is 6.84. The second-order valence-electron chi connectivity index (χ2n) is 5.06. The van der Waals surface area contributed by atoms with Crippen LogP contribution in [0.2, 0.25) is 0 Å². The molecule has 0 spiro atoms. The Hall–Kier alpha value is -2.34. The van der Waals surface area contributed by atoms with Crippen LogP contribution < -0.4 is 5.56 Å². The molecule has 0 bridgehead atoms. The Morgan fingerprint density at radius 1 is 1.04 bits per heavy atom. The van der Waals surface area contributed by atoms with E-state index in [1.54, 1.807) is 18.3 Å². The highest BCUT2D eigenvalue weighted by atomic mass is 32.1. The number of pyridine rings is 1. The summed E-state index contributed by atoms with van der Waals surface area (Å²) in [5, 5.41) is 1.93. The summed E-state index contributed by atoms with van der Waals surface area (Å²) in [6.07, 6.45) is -2.71. The largest absolute Gasteiger partial charge is 0.416 e. The fraction of sp³-hybridized carbons (Fsp3) is 0.118. The van der Waals surface area contributed by atoms with Crippen LogP contribution in [0.4, 0.5) is 13.2 Å². The van der Waals surface area contributed by atoms with Gasteiger partial charge in [-0.15, -0.1) is 11.3 Å². The standard InChI is InChI=1S/C17H12F3NOS/c18-17(19,20)14-4-1-3-12(9-14)10-21-11-13(6-7-16(21)22)15-5-2-8-23-15/h1-9,11H,10H2. The second kappa shape index (κ2) is 6.04. The van der Waals surface area contributed by atoms with Gasteiger partial charge in [0.1, 0.15) is 0 Å². The van der Waals surface area contributed by atoms with Crippen LogP contribution in [0.5, 0.6) is 0 Å². The number of benzene rings is 1. The van der Waals surface area contributed by atoms with Crippen molar-refractivity contribution in [3.05, 3.63) is 81.6 Å². The monoisotopic (exact) mass is 335 g/mol. The molecule has 0 saturated heterocycles. The Bertz CT molecular complexity index is 866. The minimum absolute atomic E-state index is 0.0992. The molecule has 0 aliphatic carbocycles. The number of aromatic nitrogens is 1. The second-order valence-corrected chi connectivity index (χ2v) is 6.01. The summed E-state index contributed by atoms with van der Waals surface area (Å²) < 4.78 is 39.7. The van der Waals surface area contributed by atoms with E-state index in [1.807, 2.05) is 17.5 Å². The summed E-state index contributed by atoms with van der Waals surface area (Å²) in [7, 11) is 0. The first-order chi connectivity index (χ1) is 10.9. The average Bonchev–Trinajstić information content (AvgIpc) is 3.03. The van der Waals surface area contributed by atoms with Gasteiger partial charge < -0.3 is 4.57 Å². The first kappa shape index (κ1) is 15.6. The molecule has 0 N–H and O–H groups in total. The lowest BCUT2D eigenvalue weighted by molar-refractivity contribution is -0.137. The summed E-state index contributed by atoms with van der Waals surface area (Å²) in [4.78, 5) is 13.0. The Morgan fingerprint density at radius 2 is 1.87 bits per heavy atom. The average molecular weight is 335 g/mol. The highest BCUT2D eigenvalue weighted by Crippen LogP contribution is 2.29. The molecular formula is C17H12F3NOS. The lowest BCUT2D eigenvalue weighted by Crippen LogP contribution is -2.19. The van der Waals surface area contributed by atoms with Gasteiger partial charge in [0, 0.05) is 22.7 Å². The molecule has 3 rings (SSSR count). The number of rotatable bonds is 3. The lowest BCUT2D eigenvalue weighted by atomic mass is 10.1. The smallest absolute Gasteiger partial charge is 0.310 e. The van der Waals surface area contributed by atoms with E-state index in [1.165, 1.54) is 28.0 Å². The van der Waals surface area contributed by atoms with E-state index in [0.29, 0.717) is 5.56 Å². The quantitative estimate of drug-likeness (QED) is 0.683. The molecule has 2 nitrogen and oxygen atoms in total. The van der Waals surface area contributed by atoms with Crippen LogP contribution >= 0.6 is 11.3 Å². The fourth-order valence-electron chi connectivity index (χ4n) is 2.29. The van der Waals surface area contributed by atoms with Crippen LogP contribution in [-0.4, -0.2) is 4.57 Å². The van der Waals surface area contributed by atoms with Gasteiger partial charge in [-0.25, -0.2) is 0 Å². The number of halogens is 3. The van der Waals surface area contributed by atoms with Crippen LogP contribution in [0.3, 0.4) is 0 Å². The molecule has 1 aromatic carbocycles. The maximum Gasteiger partial charge on any atom is 0.416 e. The minimum Gasteiger partial charge on any atom is -0.310 e. The van der Waals surface area contributed by atoms with Crippen molar-refractivity contribution in [1.29, 1.82) is 0 Å². The highest BCUT2D eigenvalue weighted by molar-refractivity contribution is 7.13. The number of nitrogens with zero attached hydrogens (tertiary/aromatic N) is 1. The Kier molecular flexibility index (Phi) is 4.09. The lowest BCUT2D eigenvalue weighted by Gasteiger charge is -2.11. The zero-order valence-corrected chi connectivity index (χ0v) is 12.7. The van der Waals surface area contributed by atoms with Crippen LogP contribution in [0.25, 0.3) is 10.4 Å². The normalized spacial score (nSPS) is 11.6.